The van der Waals surface area contributed by atoms with Crippen LogP contribution in [0.2, 0.25) is 5.02 Å². The van der Waals surface area contributed by atoms with Gasteiger partial charge in [0, 0.05) is 5.02 Å². The van der Waals surface area contributed by atoms with E-state index in [0.29, 0.717) is 17.5 Å². The van der Waals surface area contributed by atoms with Crippen molar-refractivity contribution < 1.29 is 9.13 Å². The van der Waals surface area contributed by atoms with Crippen LogP contribution in [0.5, 0.6) is 5.75 Å². The number of benzene rings is 2. The molecule has 2 rings (SSSR count). The molecule has 0 aromatic heterocycles. The first-order valence-electron chi connectivity index (χ1n) is 7.82. The predicted octanol–water partition coefficient (Wildman–Crippen LogP) is 6.45. The summed E-state index contributed by atoms with van der Waals surface area (Å²) in [6, 6.07) is 11.0. The second kappa shape index (κ2) is 7.64. The fraction of sp³-hybridized carbons (Fsp3) is 0.368. The van der Waals surface area contributed by atoms with Crippen LogP contribution in [0, 0.1) is 5.82 Å². The third-order valence-electron chi connectivity index (χ3n) is 3.98. The van der Waals surface area contributed by atoms with Crippen LogP contribution in [0.4, 0.5) is 4.39 Å². The van der Waals surface area contributed by atoms with E-state index in [1.54, 1.807) is 12.1 Å². The van der Waals surface area contributed by atoms with Gasteiger partial charge in [-0.2, -0.15) is 0 Å². The Kier molecular flexibility index (Phi) is 5.84. The van der Waals surface area contributed by atoms with Crippen molar-refractivity contribution >= 4 is 11.6 Å². The van der Waals surface area contributed by atoms with Gasteiger partial charge in [-0.3, -0.25) is 0 Å². The van der Waals surface area contributed by atoms with E-state index in [0.717, 1.165) is 24.0 Å². The van der Waals surface area contributed by atoms with E-state index in [-0.39, 0.29) is 11.6 Å². The minimum absolute atomic E-state index is 0.287. The molecule has 0 aliphatic carbocycles. The molecule has 2 aromatic carbocycles. The molecule has 0 aliphatic heterocycles. The van der Waals surface area contributed by atoms with E-state index in [9.17, 15) is 4.39 Å². The zero-order chi connectivity index (χ0) is 16.1. The summed E-state index contributed by atoms with van der Waals surface area (Å²) in [4.78, 5) is 0. The summed E-state index contributed by atoms with van der Waals surface area (Å²) < 4.78 is 19.2. The predicted molar refractivity (Wildman–Crippen MR) is 91.3 cm³/mol. The average Bonchev–Trinajstić information content (AvgIpc) is 2.52. The Labute approximate surface area is 137 Å². The maximum absolute atomic E-state index is 13.8. The molecule has 0 saturated carbocycles. The fourth-order valence-corrected chi connectivity index (χ4v) is 2.97. The van der Waals surface area contributed by atoms with Gasteiger partial charge in [0.05, 0.1) is 6.61 Å². The molecule has 0 saturated heterocycles. The van der Waals surface area contributed by atoms with Gasteiger partial charge in [-0.25, -0.2) is 4.39 Å². The largest absolute Gasteiger partial charge is 0.491 e. The molecule has 0 N–H and O–H groups in total. The SMILES string of the molecule is CCOc1cc(-c2cc(Cl)ccc2C(CC)CC)ccc1F. The molecule has 118 valence electrons. The van der Waals surface area contributed by atoms with Crippen molar-refractivity contribution in [1.82, 2.24) is 0 Å². The monoisotopic (exact) mass is 320 g/mol. The summed E-state index contributed by atoms with van der Waals surface area (Å²) in [6.07, 6.45) is 2.12. The number of rotatable bonds is 6. The minimum atomic E-state index is -0.336. The van der Waals surface area contributed by atoms with Gasteiger partial charge in [-0.1, -0.05) is 37.6 Å². The Morgan fingerprint density at radius 1 is 1.05 bits per heavy atom. The Bertz CT molecular complexity index is 635. The third-order valence-corrected chi connectivity index (χ3v) is 4.22. The summed E-state index contributed by atoms with van der Waals surface area (Å²) in [5.74, 6) is 0.417. The topological polar surface area (TPSA) is 9.23 Å². The van der Waals surface area contributed by atoms with Crippen molar-refractivity contribution in [2.24, 2.45) is 0 Å². The highest BCUT2D eigenvalue weighted by Gasteiger charge is 2.15. The fourth-order valence-electron chi connectivity index (χ4n) is 2.80. The van der Waals surface area contributed by atoms with Crippen LogP contribution < -0.4 is 4.74 Å². The molecular formula is C19H22ClFO. The zero-order valence-electron chi connectivity index (χ0n) is 13.3. The van der Waals surface area contributed by atoms with Crippen molar-refractivity contribution in [2.75, 3.05) is 6.61 Å². The molecule has 0 atom stereocenters. The van der Waals surface area contributed by atoms with Gasteiger partial charge in [0.1, 0.15) is 0 Å². The van der Waals surface area contributed by atoms with Crippen LogP contribution in [0.3, 0.4) is 0 Å². The molecule has 0 unspecified atom stereocenters. The standard InChI is InChI=1S/C19H22ClFO/c1-4-13(5-2)16-9-8-15(20)12-17(16)14-7-10-18(21)19(11-14)22-6-3/h7-13H,4-6H2,1-3H3. The van der Waals surface area contributed by atoms with Crippen molar-refractivity contribution in [3.8, 4) is 16.9 Å². The molecule has 0 aliphatic rings. The Morgan fingerprint density at radius 2 is 1.77 bits per heavy atom. The Morgan fingerprint density at radius 3 is 2.41 bits per heavy atom. The van der Waals surface area contributed by atoms with E-state index in [4.69, 9.17) is 16.3 Å². The number of halogens is 2. The highest BCUT2D eigenvalue weighted by Crippen LogP contribution is 2.36. The van der Waals surface area contributed by atoms with Gasteiger partial charge in [-0.05, 0) is 66.6 Å². The van der Waals surface area contributed by atoms with Gasteiger partial charge >= 0.3 is 0 Å². The van der Waals surface area contributed by atoms with E-state index in [2.05, 4.69) is 19.9 Å². The molecule has 0 amide bonds. The van der Waals surface area contributed by atoms with Crippen molar-refractivity contribution in [3.05, 3.63) is 52.8 Å². The molecule has 3 heteroatoms. The first-order valence-corrected chi connectivity index (χ1v) is 8.20. The van der Waals surface area contributed by atoms with Crippen molar-refractivity contribution in [1.29, 1.82) is 0 Å². The molecule has 1 nitrogen and oxygen atoms in total. The molecule has 0 heterocycles. The van der Waals surface area contributed by atoms with Crippen molar-refractivity contribution in [3.63, 3.8) is 0 Å². The zero-order valence-corrected chi connectivity index (χ0v) is 14.1. The lowest BCUT2D eigenvalue weighted by Crippen LogP contribution is -2.00. The summed E-state index contributed by atoms with van der Waals surface area (Å²) in [5, 5.41) is 0.687. The summed E-state index contributed by atoms with van der Waals surface area (Å²) in [6.45, 7) is 6.65. The first-order chi connectivity index (χ1) is 10.6. The van der Waals surface area contributed by atoms with Gasteiger partial charge < -0.3 is 4.74 Å². The Hall–Kier alpha value is -1.54. The minimum Gasteiger partial charge on any atom is -0.491 e. The summed E-state index contributed by atoms with van der Waals surface area (Å²) >= 11 is 6.18. The van der Waals surface area contributed by atoms with Crippen LogP contribution in [-0.2, 0) is 0 Å². The maximum atomic E-state index is 13.8. The highest BCUT2D eigenvalue weighted by molar-refractivity contribution is 6.30. The number of hydrogen-bond donors (Lipinski definition) is 0. The lowest BCUT2D eigenvalue weighted by Gasteiger charge is -2.19. The van der Waals surface area contributed by atoms with Gasteiger partial charge in [0.25, 0.3) is 0 Å². The number of hydrogen-bond acceptors (Lipinski definition) is 1. The van der Waals surface area contributed by atoms with Gasteiger partial charge in [0.2, 0.25) is 0 Å². The van der Waals surface area contributed by atoms with Crippen LogP contribution in [0.15, 0.2) is 36.4 Å². The molecule has 0 fully saturated rings. The third kappa shape index (κ3) is 3.61. The molecule has 2 aromatic rings. The van der Waals surface area contributed by atoms with E-state index < -0.39 is 0 Å². The smallest absolute Gasteiger partial charge is 0.165 e. The molecule has 0 radical (unpaired) electrons. The number of ether oxygens (including phenoxy) is 1. The highest BCUT2D eigenvalue weighted by atomic mass is 35.5. The lowest BCUT2D eigenvalue weighted by atomic mass is 9.87. The second-order valence-electron chi connectivity index (χ2n) is 5.32. The quantitative estimate of drug-likeness (QED) is 0.594. The average molecular weight is 321 g/mol. The van der Waals surface area contributed by atoms with Crippen LogP contribution >= 0.6 is 11.6 Å². The normalized spacial score (nSPS) is 11.0. The first kappa shape index (κ1) is 16.8. The molecule has 0 bridgehead atoms. The van der Waals surface area contributed by atoms with E-state index in [1.807, 2.05) is 19.1 Å². The van der Waals surface area contributed by atoms with Crippen molar-refractivity contribution in [2.45, 2.75) is 39.5 Å². The van der Waals surface area contributed by atoms with Crippen LogP contribution in [0.1, 0.15) is 45.1 Å². The van der Waals surface area contributed by atoms with Gasteiger partial charge in [-0.15, -0.1) is 0 Å². The van der Waals surface area contributed by atoms with E-state index >= 15 is 0 Å². The Balaban J connectivity index is 2.55. The lowest BCUT2D eigenvalue weighted by molar-refractivity contribution is 0.322. The summed E-state index contributed by atoms with van der Waals surface area (Å²) in [5.41, 5.74) is 3.25. The molecular weight excluding hydrogens is 299 g/mol. The summed E-state index contributed by atoms with van der Waals surface area (Å²) in [7, 11) is 0. The van der Waals surface area contributed by atoms with E-state index in [1.165, 1.54) is 11.6 Å². The van der Waals surface area contributed by atoms with Crippen LogP contribution in [0.25, 0.3) is 11.1 Å². The second-order valence-corrected chi connectivity index (χ2v) is 5.76. The van der Waals surface area contributed by atoms with Crippen LogP contribution in [-0.4, -0.2) is 6.61 Å². The maximum Gasteiger partial charge on any atom is 0.165 e. The molecule has 22 heavy (non-hydrogen) atoms. The van der Waals surface area contributed by atoms with Gasteiger partial charge in [0.15, 0.2) is 11.6 Å². The molecule has 0 spiro atoms.